The molecule has 0 N–H and O–H groups in total. The zero-order valence-corrected chi connectivity index (χ0v) is 19.9. The number of rotatable bonds is 18. The third kappa shape index (κ3) is 11.4. The lowest BCUT2D eigenvalue weighted by atomic mass is 10.0. The number of hydrogen-bond acceptors (Lipinski definition) is 2. The van der Waals surface area contributed by atoms with Gasteiger partial charge in [0, 0.05) is 12.8 Å². The van der Waals surface area contributed by atoms with Gasteiger partial charge < -0.3 is 4.89 Å². The van der Waals surface area contributed by atoms with E-state index in [9.17, 15) is 9.46 Å². The van der Waals surface area contributed by atoms with Crippen molar-refractivity contribution in [2.24, 2.45) is 0 Å². The molecular weight excluding hydrogens is 353 g/mol. The van der Waals surface area contributed by atoms with Crippen molar-refractivity contribution in [2.75, 3.05) is 21.1 Å². The smallest absolute Gasteiger partial charge is 0.376 e. The van der Waals surface area contributed by atoms with E-state index in [1.165, 1.54) is 70.6 Å². The minimum Gasteiger partial charge on any atom is -0.590 e. The van der Waals surface area contributed by atoms with Crippen LogP contribution in [0.1, 0.15) is 110 Å². The fraction of sp³-hybridized carbons (Fsp3) is 0.913. The molecule has 0 aliphatic rings. The summed E-state index contributed by atoms with van der Waals surface area (Å²) in [6, 6.07) is 0. The highest BCUT2D eigenvalue weighted by Crippen LogP contribution is 2.44. The molecule has 0 heterocycles. The van der Waals surface area contributed by atoms with Gasteiger partial charge in [0.25, 0.3) is 5.28 Å². The molecule has 27 heavy (non-hydrogen) atoms. The number of quaternary nitrogens is 1. The summed E-state index contributed by atoms with van der Waals surface area (Å²) in [4.78, 5) is 11.9. The molecule has 0 bridgehead atoms. The average Bonchev–Trinajstić information content (AvgIpc) is 2.60. The maximum Gasteiger partial charge on any atom is 0.376 e. The standard InChI is InChI=1S/C23H47NO2P/c1-6-8-9-10-11-12-13-14-15-16-17-18-19-20-21-22-23(7-2,27(25)26)24(3,4)5/h10-11H,6-9,12-22H2,1-5H3/q+1/b11-10-. The Kier molecular flexibility index (Phi) is 15.5. The van der Waals surface area contributed by atoms with Crippen LogP contribution < -0.4 is 4.89 Å². The summed E-state index contributed by atoms with van der Waals surface area (Å²) in [6.07, 6.45) is 22.8. The average molecular weight is 401 g/mol. The van der Waals surface area contributed by atoms with Crippen LogP contribution in [-0.2, 0) is 4.57 Å². The first-order valence-corrected chi connectivity index (χ1v) is 12.6. The predicted octanol–water partition coefficient (Wildman–Crippen LogP) is 6.94. The van der Waals surface area contributed by atoms with E-state index >= 15 is 0 Å². The van der Waals surface area contributed by atoms with Crippen LogP contribution in [0.15, 0.2) is 12.2 Å². The van der Waals surface area contributed by atoms with Gasteiger partial charge in [-0.15, -0.1) is 0 Å². The molecule has 0 rings (SSSR count). The predicted molar refractivity (Wildman–Crippen MR) is 118 cm³/mol. The highest BCUT2D eigenvalue weighted by molar-refractivity contribution is 7.38. The molecule has 4 heteroatoms. The molecule has 0 aromatic rings. The Labute approximate surface area is 171 Å². The first-order chi connectivity index (χ1) is 12.8. The number of hydrogen-bond donors (Lipinski definition) is 0. The third-order valence-electron chi connectivity index (χ3n) is 5.99. The summed E-state index contributed by atoms with van der Waals surface area (Å²) in [5.74, 6) is 0. The molecule has 0 saturated carbocycles. The monoisotopic (exact) mass is 400 g/mol. The molecule has 2 unspecified atom stereocenters. The molecule has 0 aliphatic carbocycles. The number of allylic oxidation sites excluding steroid dienone is 2. The Morgan fingerprint density at radius 2 is 1.22 bits per heavy atom. The maximum atomic E-state index is 11.9. The van der Waals surface area contributed by atoms with E-state index in [1.54, 1.807) is 0 Å². The molecule has 0 saturated heterocycles. The van der Waals surface area contributed by atoms with E-state index in [1.807, 2.05) is 28.1 Å². The van der Waals surface area contributed by atoms with Gasteiger partial charge in [-0.25, -0.2) is 0 Å². The van der Waals surface area contributed by atoms with Gasteiger partial charge in [-0.3, -0.25) is 4.48 Å². The van der Waals surface area contributed by atoms with Gasteiger partial charge in [0.15, 0.2) is 0 Å². The number of unbranched alkanes of at least 4 members (excludes halogenated alkanes) is 11. The van der Waals surface area contributed by atoms with Crippen LogP contribution >= 0.6 is 8.03 Å². The zero-order valence-electron chi connectivity index (χ0n) is 19.0. The quantitative estimate of drug-likeness (QED) is 0.108. The van der Waals surface area contributed by atoms with Crippen LogP contribution in [0.2, 0.25) is 0 Å². The van der Waals surface area contributed by atoms with Gasteiger partial charge in [-0.1, -0.05) is 88.4 Å². The van der Waals surface area contributed by atoms with Crippen molar-refractivity contribution in [1.82, 2.24) is 0 Å². The van der Waals surface area contributed by atoms with Crippen LogP contribution in [0.25, 0.3) is 0 Å². The molecule has 0 radical (unpaired) electrons. The van der Waals surface area contributed by atoms with Gasteiger partial charge in [0.1, 0.15) is 0 Å². The second-order valence-corrected chi connectivity index (χ2v) is 10.3. The van der Waals surface area contributed by atoms with Crippen molar-refractivity contribution in [2.45, 2.75) is 115 Å². The van der Waals surface area contributed by atoms with Crippen LogP contribution in [0.4, 0.5) is 0 Å². The van der Waals surface area contributed by atoms with Crippen LogP contribution in [0.3, 0.4) is 0 Å². The lowest BCUT2D eigenvalue weighted by Crippen LogP contribution is -2.55. The topological polar surface area (TPSA) is 40.1 Å². The normalized spacial score (nSPS) is 15.3. The van der Waals surface area contributed by atoms with Crippen LogP contribution in [-0.4, -0.2) is 30.9 Å². The molecule has 0 amide bonds. The lowest BCUT2D eigenvalue weighted by molar-refractivity contribution is -0.910. The summed E-state index contributed by atoms with van der Waals surface area (Å²) < 4.78 is 12.4. The first-order valence-electron chi connectivity index (χ1n) is 11.4. The van der Waals surface area contributed by atoms with Crippen molar-refractivity contribution >= 4 is 8.03 Å². The summed E-state index contributed by atoms with van der Waals surface area (Å²) in [7, 11) is 3.62. The largest absolute Gasteiger partial charge is 0.590 e. The Hall–Kier alpha value is -0.240. The summed E-state index contributed by atoms with van der Waals surface area (Å²) in [6.45, 7) is 4.25. The molecule has 0 aliphatic heterocycles. The van der Waals surface area contributed by atoms with E-state index < -0.39 is 13.3 Å². The van der Waals surface area contributed by atoms with E-state index in [-0.39, 0.29) is 0 Å². The van der Waals surface area contributed by atoms with Crippen molar-refractivity contribution in [3.05, 3.63) is 12.2 Å². The molecule has 0 aromatic carbocycles. The minimum absolute atomic E-state index is 0.510. The van der Waals surface area contributed by atoms with E-state index in [2.05, 4.69) is 19.1 Å². The second-order valence-electron chi connectivity index (χ2n) is 8.94. The van der Waals surface area contributed by atoms with Crippen molar-refractivity contribution < 1.29 is 13.9 Å². The maximum absolute atomic E-state index is 11.9. The number of nitrogens with zero attached hydrogens (tertiary/aromatic N) is 1. The van der Waals surface area contributed by atoms with Crippen molar-refractivity contribution in [1.29, 1.82) is 0 Å². The summed E-state index contributed by atoms with van der Waals surface area (Å²) >= 11 is 0. The van der Waals surface area contributed by atoms with E-state index in [0.29, 0.717) is 10.9 Å². The van der Waals surface area contributed by atoms with Crippen LogP contribution in [0, 0.1) is 0 Å². The molecule has 0 fully saturated rings. The van der Waals surface area contributed by atoms with E-state index in [4.69, 9.17) is 0 Å². The van der Waals surface area contributed by atoms with Crippen LogP contribution in [0.5, 0.6) is 0 Å². The Bertz CT molecular complexity index is 404. The van der Waals surface area contributed by atoms with Crippen molar-refractivity contribution in [3.8, 4) is 0 Å². The van der Waals surface area contributed by atoms with E-state index in [0.717, 1.165) is 19.3 Å². The Morgan fingerprint density at radius 1 is 0.778 bits per heavy atom. The fourth-order valence-corrected chi connectivity index (χ4v) is 5.01. The molecule has 0 aromatic heterocycles. The molecular formula is C23H47NO2P+. The summed E-state index contributed by atoms with van der Waals surface area (Å²) in [5, 5.41) is -0.597. The fourth-order valence-electron chi connectivity index (χ4n) is 3.92. The Morgan fingerprint density at radius 3 is 1.63 bits per heavy atom. The SMILES string of the molecule is CCCC/C=C\CCCCCCCCCCCC(CC)([P+](=O)[O-])[N+](C)(C)C. The highest BCUT2D eigenvalue weighted by atomic mass is 31.1. The molecule has 2 atom stereocenters. The summed E-state index contributed by atoms with van der Waals surface area (Å²) in [5.41, 5.74) is 0. The van der Waals surface area contributed by atoms with Gasteiger partial charge in [-0.05, 0) is 25.7 Å². The van der Waals surface area contributed by atoms with Gasteiger partial charge in [0.2, 0.25) is 0 Å². The molecule has 0 spiro atoms. The molecule has 160 valence electrons. The zero-order chi connectivity index (χ0) is 20.6. The first kappa shape index (κ1) is 26.8. The minimum atomic E-state index is -2.41. The lowest BCUT2D eigenvalue weighted by Gasteiger charge is -2.39. The third-order valence-corrected chi connectivity index (χ3v) is 7.81. The highest BCUT2D eigenvalue weighted by Gasteiger charge is 2.52. The molecule has 3 nitrogen and oxygen atoms in total. The van der Waals surface area contributed by atoms with Gasteiger partial charge >= 0.3 is 8.03 Å². The van der Waals surface area contributed by atoms with Gasteiger partial charge in [-0.2, -0.15) is 0 Å². The Balaban J connectivity index is 3.67. The van der Waals surface area contributed by atoms with Gasteiger partial charge in [0.05, 0.1) is 21.1 Å². The second kappa shape index (κ2) is 15.7. The van der Waals surface area contributed by atoms with Crippen molar-refractivity contribution in [3.63, 3.8) is 0 Å².